The molecule has 0 radical (unpaired) electrons. The maximum Gasteiger partial charge on any atom is 0.408 e. The van der Waals surface area contributed by atoms with Crippen molar-refractivity contribution in [1.82, 2.24) is 24.9 Å². The summed E-state index contributed by atoms with van der Waals surface area (Å²) < 4.78 is 45.0. The minimum Gasteiger partial charge on any atom is -0.440 e. The minimum absolute atomic E-state index is 0.0638. The molecular weight excluding hydrogens is 351 g/mol. The van der Waals surface area contributed by atoms with Crippen LogP contribution in [0.4, 0.5) is 13.2 Å². The molecule has 0 bridgehead atoms. The fourth-order valence-electron chi connectivity index (χ4n) is 2.32. The molecule has 0 saturated carbocycles. The van der Waals surface area contributed by atoms with Crippen LogP contribution in [0.1, 0.15) is 34.4 Å². The molecule has 7 nitrogen and oxygen atoms in total. The number of halogens is 3. The van der Waals surface area contributed by atoms with Gasteiger partial charge in [-0.05, 0) is 33.8 Å². The van der Waals surface area contributed by atoms with Crippen molar-refractivity contribution in [3.05, 3.63) is 35.0 Å². The van der Waals surface area contributed by atoms with Crippen LogP contribution in [0.3, 0.4) is 0 Å². The zero-order valence-corrected chi connectivity index (χ0v) is 14.5. The van der Waals surface area contributed by atoms with Crippen LogP contribution >= 0.6 is 0 Å². The highest BCUT2D eigenvalue weighted by atomic mass is 19.4. The summed E-state index contributed by atoms with van der Waals surface area (Å²) in [6, 6.07) is -0.323. The van der Waals surface area contributed by atoms with Crippen molar-refractivity contribution in [3.63, 3.8) is 0 Å². The summed E-state index contributed by atoms with van der Waals surface area (Å²) in [5.74, 6) is -0.0136. The minimum atomic E-state index is -4.54. The molecule has 1 unspecified atom stereocenters. The van der Waals surface area contributed by atoms with Gasteiger partial charge < -0.3 is 9.73 Å². The van der Waals surface area contributed by atoms with E-state index in [-0.39, 0.29) is 17.1 Å². The molecule has 0 fully saturated rings. The summed E-state index contributed by atoms with van der Waals surface area (Å²) >= 11 is 0. The average Bonchev–Trinajstić information content (AvgIpc) is 3.10. The van der Waals surface area contributed by atoms with Gasteiger partial charge in [0.15, 0.2) is 5.65 Å². The second-order valence-corrected chi connectivity index (χ2v) is 5.97. The number of alkyl halides is 3. The first kappa shape index (κ1) is 17.9. The second-order valence-electron chi connectivity index (χ2n) is 5.97. The summed E-state index contributed by atoms with van der Waals surface area (Å²) in [7, 11) is 0. The molecule has 26 heavy (non-hydrogen) atoms. The Morgan fingerprint density at radius 2 is 1.96 bits per heavy atom. The third-order valence-electron chi connectivity index (χ3n) is 3.98. The van der Waals surface area contributed by atoms with E-state index in [0.717, 1.165) is 6.92 Å². The van der Waals surface area contributed by atoms with Crippen LogP contribution in [0, 0.1) is 20.8 Å². The third-order valence-corrected chi connectivity index (χ3v) is 3.98. The fraction of sp³-hybridized carbons (Fsp3) is 0.375. The van der Waals surface area contributed by atoms with Crippen LogP contribution in [-0.2, 0) is 0 Å². The molecular formula is C16H16F3N5O2. The molecule has 0 aliphatic rings. The molecule has 0 aliphatic heterocycles. The molecule has 0 spiro atoms. The Hall–Kier alpha value is -2.91. The predicted molar refractivity (Wildman–Crippen MR) is 85.7 cm³/mol. The Balaban J connectivity index is 2.04. The topological polar surface area (TPSA) is 85.3 Å². The number of oxazole rings is 1. The summed E-state index contributed by atoms with van der Waals surface area (Å²) in [5, 5.41) is 5.94. The van der Waals surface area contributed by atoms with Crippen LogP contribution in [-0.4, -0.2) is 37.7 Å². The van der Waals surface area contributed by atoms with Gasteiger partial charge in [-0.25, -0.2) is 14.5 Å². The number of nitrogens with zero attached hydrogens (tertiary/aromatic N) is 4. The van der Waals surface area contributed by atoms with E-state index >= 15 is 0 Å². The number of hydrogen-bond acceptors (Lipinski definition) is 5. The first-order valence-electron chi connectivity index (χ1n) is 7.75. The zero-order valence-electron chi connectivity index (χ0n) is 14.5. The Morgan fingerprint density at radius 3 is 2.54 bits per heavy atom. The largest absolute Gasteiger partial charge is 0.440 e. The Morgan fingerprint density at radius 1 is 1.27 bits per heavy atom. The molecule has 1 amide bonds. The van der Waals surface area contributed by atoms with Crippen molar-refractivity contribution >= 4 is 11.6 Å². The molecule has 3 aromatic heterocycles. The molecule has 1 atom stereocenters. The number of carbonyl (C=O) groups is 1. The number of nitrogens with one attached hydrogen (secondary N) is 1. The molecule has 138 valence electrons. The van der Waals surface area contributed by atoms with Gasteiger partial charge in [-0.1, -0.05) is 0 Å². The molecule has 3 aromatic rings. The highest BCUT2D eigenvalue weighted by Gasteiger charge is 2.37. The van der Waals surface area contributed by atoms with Crippen LogP contribution in [0.2, 0.25) is 0 Å². The summed E-state index contributed by atoms with van der Waals surface area (Å²) in [4.78, 5) is 20.8. The Kier molecular flexibility index (Phi) is 4.21. The highest BCUT2D eigenvalue weighted by Crippen LogP contribution is 2.23. The number of aryl methyl sites for hydroxylation is 3. The Bertz CT molecular complexity index is 970. The van der Waals surface area contributed by atoms with Crippen molar-refractivity contribution in [2.75, 3.05) is 0 Å². The number of hydrogen-bond donors (Lipinski definition) is 1. The lowest BCUT2D eigenvalue weighted by Gasteiger charge is -2.16. The Labute approximate surface area is 146 Å². The lowest BCUT2D eigenvalue weighted by Crippen LogP contribution is -2.43. The summed E-state index contributed by atoms with van der Waals surface area (Å²) in [5.41, 5.74) is 1.75. The molecule has 3 rings (SSSR count). The van der Waals surface area contributed by atoms with E-state index in [1.807, 2.05) is 5.32 Å². The number of rotatable bonds is 3. The molecule has 1 N–H and O–H groups in total. The summed E-state index contributed by atoms with van der Waals surface area (Å²) in [6.07, 6.45) is -3.36. The van der Waals surface area contributed by atoms with Gasteiger partial charge in [0.2, 0.25) is 5.89 Å². The van der Waals surface area contributed by atoms with Gasteiger partial charge in [-0.15, -0.1) is 0 Å². The van der Waals surface area contributed by atoms with Crippen LogP contribution in [0.15, 0.2) is 16.7 Å². The van der Waals surface area contributed by atoms with E-state index in [4.69, 9.17) is 4.42 Å². The average molecular weight is 367 g/mol. The van der Waals surface area contributed by atoms with Gasteiger partial charge in [0.25, 0.3) is 5.91 Å². The van der Waals surface area contributed by atoms with Crippen LogP contribution in [0.25, 0.3) is 17.2 Å². The molecule has 0 aliphatic carbocycles. The van der Waals surface area contributed by atoms with Crippen molar-refractivity contribution in [2.24, 2.45) is 0 Å². The zero-order chi connectivity index (χ0) is 19.2. The lowest BCUT2D eigenvalue weighted by atomic mass is 10.2. The maximum atomic E-state index is 12.7. The van der Waals surface area contributed by atoms with Gasteiger partial charge >= 0.3 is 6.18 Å². The maximum absolute atomic E-state index is 12.7. The van der Waals surface area contributed by atoms with Gasteiger partial charge in [0.1, 0.15) is 23.1 Å². The normalized spacial score (nSPS) is 13.2. The third kappa shape index (κ3) is 3.14. The fourth-order valence-corrected chi connectivity index (χ4v) is 2.32. The van der Waals surface area contributed by atoms with E-state index in [2.05, 4.69) is 15.1 Å². The number of aromatic nitrogens is 4. The SMILES string of the molecule is Cc1nc(-c2cc(C)n3ncc(C(=O)NC(C)C(F)(F)F)c3n2)oc1C. The van der Waals surface area contributed by atoms with Gasteiger partial charge in [-0.3, -0.25) is 4.79 Å². The first-order chi connectivity index (χ1) is 12.1. The summed E-state index contributed by atoms with van der Waals surface area (Å²) in [6.45, 7) is 6.14. The van der Waals surface area contributed by atoms with Crippen molar-refractivity contribution in [1.29, 1.82) is 0 Å². The molecule has 3 heterocycles. The predicted octanol–water partition coefficient (Wildman–Crippen LogP) is 2.99. The van der Waals surface area contributed by atoms with E-state index in [1.165, 1.54) is 10.7 Å². The number of amides is 1. The van der Waals surface area contributed by atoms with Gasteiger partial charge in [0.05, 0.1) is 11.9 Å². The van der Waals surface area contributed by atoms with E-state index < -0.39 is 18.1 Å². The standard InChI is InChI=1S/C16H16F3N5O2/c1-7-5-12(15-21-8(2)9(3)26-15)23-13-11(6-20-24(7)13)14(25)22-10(4)16(17,18)19/h5-6,10H,1-4H3,(H,22,25). The quantitative estimate of drug-likeness (QED) is 0.769. The van der Waals surface area contributed by atoms with Gasteiger partial charge in [-0.2, -0.15) is 18.3 Å². The van der Waals surface area contributed by atoms with E-state index in [9.17, 15) is 18.0 Å². The second kappa shape index (κ2) is 6.11. The van der Waals surface area contributed by atoms with Crippen molar-refractivity contribution in [2.45, 2.75) is 39.9 Å². The van der Waals surface area contributed by atoms with Crippen LogP contribution in [0.5, 0.6) is 0 Å². The highest BCUT2D eigenvalue weighted by molar-refractivity contribution is 6.00. The first-order valence-corrected chi connectivity index (χ1v) is 7.75. The smallest absolute Gasteiger partial charge is 0.408 e. The monoisotopic (exact) mass is 367 g/mol. The molecule has 0 saturated heterocycles. The van der Waals surface area contributed by atoms with Gasteiger partial charge in [0, 0.05) is 5.69 Å². The van der Waals surface area contributed by atoms with E-state index in [1.54, 1.807) is 26.8 Å². The lowest BCUT2D eigenvalue weighted by molar-refractivity contribution is -0.149. The molecule has 0 aromatic carbocycles. The van der Waals surface area contributed by atoms with Crippen molar-refractivity contribution in [3.8, 4) is 11.6 Å². The molecule has 10 heteroatoms. The van der Waals surface area contributed by atoms with Crippen LogP contribution < -0.4 is 5.32 Å². The number of fused-ring (bicyclic) bond motifs is 1. The van der Waals surface area contributed by atoms with Crippen molar-refractivity contribution < 1.29 is 22.4 Å². The van der Waals surface area contributed by atoms with E-state index in [0.29, 0.717) is 22.8 Å². The number of carbonyl (C=O) groups excluding carboxylic acids is 1.